The van der Waals surface area contributed by atoms with Crippen LogP contribution in [0.1, 0.15) is 23.0 Å². The molecule has 2 heterocycles. The lowest BCUT2D eigenvalue weighted by Crippen LogP contribution is -2.39. The Bertz CT molecular complexity index is 911. The topological polar surface area (TPSA) is 46.8 Å². The Hall–Kier alpha value is -2.74. The van der Waals surface area contributed by atoms with Crippen LogP contribution in [0.3, 0.4) is 0 Å². The molecule has 4 rings (SSSR count). The summed E-state index contributed by atoms with van der Waals surface area (Å²) in [5.41, 5.74) is 0.898. The smallest absolute Gasteiger partial charge is 0.173 e. The number of benzene rings is 2. The van der Waals surface area contributed by atoms with Crippen LogP contribution < -0.4 is 0 Å². The highest BCUT2D eigenvalue weighted by atomic mass is 19.1. The zero-order valence-corrected chi connectivity index (χ0v) is 13.1. The minimum Gasteiger partial charge on any atom is -0.283 e. The predicted molar refractivity (Wildman–Crippen MR) is 82.8 cm³/mol. The van der Waals surface area contributed by atoms with Crippen LogP contribution in [-0.2, 0) is 13.1 Å². The monoisotopic (exact) mass is 345 g/mol. The highest BCUT2D eigenvalue weighted by Crippen LogP contribution is 2.32. The Morgan fingerprint density at radius 2 is 1.84 bits per heavy atom. The van der Waals surface area contributed by atoms with Crippen molar-refractivity contribution in [2.45, 2.75) is 19.1 Å². The Kier molecular flexibility index (Phi) is 3.96. The van der Waals surface area contributed by atoms with Gasteiger partial charge in [-0.2, -0.15) is 0 Å². The van der Waals surface area contributed by atoms with Gasteiger partial charge in [0.05, 0.1) is 12.6 Å². The molecule has 0 amide bonds. The standard InChI is InChI=1S/C17H14F3N5/c18-13-3-1-2-11(8-13)16-17-21-22-23-25(17)7-6-24(16)10-12-9-14(19)4-5-15(12)20/h1-5,8-9,16H,6-7,10H2. The maximum absolute atomic E-state index is 14.1. The van der Waals surface area contributed by atoms with E-state index in [1.165, 1.54) is 18.2 Å². The second-order valence-electron chi connectivity index (χ2n) is 5.92. The zero-order valence-electron chi connectivity index (χ0n) is 13.1. The molecule has 1 aromatic heterocycles. The molecule has 0 bridgehead atoms. The summed E-state index contributed by atoms with van der Waals surface area (Å²) in [5.74, 6) is -0.808. The normalized spacial score (nSPS) is 17.5. The number of hydrogen-bond donors (Lipinski definition) is 0. The third kappa shape index (κ3) is 3.00. The van der Waals surface area contributed by atoms with Crippen molar-refractivity contribution in [1.82, 2.24) is 25.1 Å². The molecule has 1 unspecified atom stereocenters. The van der Waals surface area contributed by atoms with E-state index in [1.54, 1.807) is 16.8 Å². The lowest BCUT2D eigenvalue weighted by atomic mass is 10.0. The summed E-state index contributed by atoms with van der Waals surface area (Å²) < 4.78 is 42.9. The number of tetrazole rings is 1. The second kappa shape index (κ2) is 6.29. The van der Waals surface area contributed by atoms with Gasteiger partial charge in [0.1, 0.15) is 17.5 Å². The van der Waals surface area contributed by atoms with Crippen molar-refractivity contribution in [2.75, 3.05) is 6.54 Å². The molecule has 1 aliphatic heterocycles. The lowest BCUT2D eigenvalue weighted by Gasteiger charge is -2.35. The lowest BCUT2D eigenvalue weighted by molar-refractivity contribution is 0.161. The number of halogens is 3. The molecule has 0 saturated carbocycles. The van der Waals surface area contributed by atoms with E-state index in [0.717, 1.165) is 12.1 Å². The largest absolute Gasteiger partial charge is 0.283 e. The van der Waals surface area contributed by atoms with E-state index >= 15 is 0 Å². The molecular formula is C17H14F3N5. The molecule has 0 spiro atoms. The quantitative estimate of drug-likeness (QED) is 0.732. The van der Waals surface area contributed by atoms with Gasteiger partial charge >= 0.3 is 0 Å². The summed E-state index contributed by atoms with van der Waals surface area (Å²) in [5, 5.41) is 11.7. The molecule has 25 heavy (non-hydrogen) atoms. The average Bonchev–Trinajstić information content (AvgIpc) is 3.06. The molecule has 0 radical (unpaired) electrons. The fourth-order valence-corrected chi connectivity index (χ4v) is 3.17. The molecular weight excluding hydrogens is 331 g/mol. The van der Waals surface area contributed by atoms with Gasteiger partial charge in [-0.05, 0) is 46.3 Å². The molecule has 0 fully saturated rings. The summed E-state index contributed by atoms with van der Waals surface area (Å²) in [6, 6.07) is 9.06. The van der Waals surface area contributed by atoms with Crippen LogP contribution in [0, 0.1) is 17.5 Å². The summed E-state index contributed by atoms with van der Waals surface area (Å²) >= 11 is 0. The molecule has 1 atom stereocenters. The van der Waals surface area contributed by atoms with Crippen molar-refractivity contribution in [3.63, 3.8) is 0 Å². The van der Waals surface area contributed by atoms with Gasteiger partial charge in [-0.3, -0.25) is 4.90 Å². The molecule has 3 aromatic rings. The first-order chi connectivity index (χ1) is 12.1. The van der Waals surface area contributed by atoms with Crippen molar-refractivity contribution in [2.24, 2.45) is 0 Å². The molecule has 128 valence electrons. The van der Waals surface area contributed by atoms with Gasteiger partial charge in [-0.1, -0.05) is 12.1 Å². The highest BCUT2D eigenvalue weighted by Gasteiger charge is 2.32. The summed E-state index contributed by atoms with van der Waals surface area (Å²) in [4.78, 5) is 1.92. The van der Waals surface area contributed by atoms with E-state index < -0.39 is 17.7 Å². The van der Waals surface area contributed by atoms with Gasteiger partial charge in [0, 0.05) is 18.7 Å². The molecule has 8 heteroatoms. The number of hydrogen-bond acceptors (Lipinski definition) is 4. The Labute approximate surface area is 141 Å². The summed E-state index contributed by atoms with van der Waals surface area (Å²) in [7, 11) is 0. The van der Waals surface area contributed by atoms with E-state index in [-0.39, 0.29) is 17.9 Å². The van der Waals surface area contributed by atoms with Gasteiger partial charge in [0.2, 0.25) is 0 Å². The number of rotatable bonds is 3. The van der Waals surface area contributed by atoms with Gasteiger partial charge in [-0.25, -0.2) is 17.9 Å². The van der Waals surface area contributed by atoms with Crippen LogP contribution >= 0.6 is 0 Å². The first kappa shape index (κ1) is 15.8. The SMILES string of the molecule is Fc1cccc(C2c3nnnn3CCN2Cc2cc(F)ccc2F)c1. The highest BCUT2D eigenvalue weighted by molar-refractivity contribution is 5.27. The van der Waals surface area contributed by atoms with E-state index in [0.29, 0.717) is 24.5 Å². The van der Waals surface area contributed by atoms with E-state index in [1.807, 2.05) is 4.90 Å². The molecule has 5 nitrogen and oxygen atoms in total. The average molecular weight is 345 g/mol. The minimum absolute atomic E-state index is 0.164. The van der Waals surface area contributed by atoms with Crippen LogP contribution in [0.4, 0.5) is 13.2 Å². The molecule has 0 saturated heterocycles. The third-order valence-electron chi connectivity index (χ3n) is 4.31. The summed E-state index contributed by atoms with van der Waals surface area (Å²) in [6.45, 7) is 1.21. The van der Waals surface area contributed by atoms with Crippen LogP contribution in [0.25, 0.3) is 0 Å². The molecule has 2 aromatic carbocycles. The van der Waals surface area contributed by atoms with Crippen molar-refractivity contribution in [1.29, 1.82) is 0 Å². The predicted octanol–water partition coefficient (Wildman–Crippen LogP) is 2.70. The summed E-state index contributed by atoms with van der Waals surface area (Å²) in [6.07, 6.45) is 0. The first-order valence-electron chi connectivity index (χ1n) is 7.81. The molecule has 0 aliphatic carbocycles. The van der Waals surface area contributed by atoms with Crippen molar-refractivity contribution in [3.05, 3.63) is 76.9 Å². The van der Waals surface area contributed by atoms with Crippen LogP contribution in [0.15, 0.2) is 42.5 Å². The third-order valence-corrected chi connectivity index (χ3v) is 4.31. The number of fused-ring (bicyclic) bond motifs is 1. The van der Waals surface area contributed by atoms with E-state index in [9.17, 15) is 13.2 Å². The first-order valence-corrected chi connectivity index (χ1v) is 7.81. The van der Waals surface area contributed by atoms with Gasteiger partial charge in [-0.15, -0.1) is 5.10 Å². The van der Waals surface area contributed by atoms with Gasteiger partial charge < -0.3 is 0 Å². The molecule has 0 N–H and O–H groups in total. The second-order valence-corrected chi connectivity index (χ2v) is 5.92. The van der Waals surface area contributed by atoms with E-state index in [4.69, 9.17) is 0 Å². The van der Waals surface area contributed by atoms with Crippen molar-refractivity contribution in [3.8, 4) is 0 Å². The van der Waals surface area contributed by atoms with Crippen LogP contribution in [0.2, 0.25) is 0 Å². The maximum atomic E-state index is 14.1. The van der Waals surface area contributed by atoms with Crippen LogP contribution in [-0.4, -0.2) is 31.7 Å². The van der Waals surface area contributed by atoms with Crippen LogP contribution in [0.5, 0.6) is 0 Å². The van der Waals surface area contributed by atoms with Crippen molar-refractivity contribution >= 4 is 0 Å². The fraction of sp³-hybridized carbons (Fsp3) is 0.235. The zero-order chi connectivity index (χ0) is 17.4. The number of aromatic nitrogens is 4. The van der Waals surface area contributed by atoms with E-state index in [2.05, 4.69) is 15.5 Å². The van der Waals surface area contributed by atoms with Crippen molar-refractivity contribution < 1.29 is 13.2 Å². The van der Waals surface area contributed by atoms with Gasteiger partial charge in [0.15, 0.2) is 5.82 Å². The fourth-order valence-electron chi connectivity index (χ4n) is 3.17. The molecule has 1 aliphatic rings. The van der Waals surface area contributed by atoms with Gasteiger partial charge in [0.25, 0.3) is 0 Å². The Morgan fingerprint density at radius 3 is 2.68 bits per heavy atom. The number of nitrogens with zero attached hydrogens (tertiary/aromatic N) is 5. The maximum Gasteiger partial charge on any atom is 0.173 e. The Morgan fingerprint density at radius 1 is 1.00 bits per heavy atom. The Balaban J connectivity index is 1.74. The minimum atomic E-state index is -0.499.